The quantitative estimate of drug-likeness (QED) is 0.820. The zero-order valence-electron chi connectivity index (χ0n) is 13.5. The SMILES string of the molecule is CCCNS(=O)(=O)c1ccc(C(=O)Nc2ccc(Cl)cc2C)cc1. The third kappa shape index (κ3) is 4.56. The Kier molecular flexibility index (Phi) is 5.99. The highest BCUT2D eigenvalue weighted by Crippen LogP contribution is 2.20. The van der Waals surface area contributed by atoms with Gasteiger partial charge in [0, 0.05) is 22.8 Å². The monoisotopic (exact) mass is 366 g/mol. The zero-order valence-corrected chi connectivity index (χ0v) is 15.0. The lowest BCUT2D eigenvalue weighted by Crippen LogP contribution is -2.24. The van der Waals surface area contributed by atoms with E-state index in [0.717, 1.165) is 5.56 Å². The summed E-state index contributed by atoms with van der Waals surface area (Å²) in [4.78, 5) is 12.4. The molecule has 5 nitrogen and oxygen atoms in total. The number of nitrogens with one attached hydrogen (secondary N) is 2. The van der Waals surface area contributed by atoms with Crippen LogP contribution in [0.15, 0.2) is 47.4 Å². The first-order chi connectivity index (χ1) is 11.3. The van der Waals surface area contributed by atoms with Crippen LogP contribution >= 0.6 is 11.6 Å². The molecule has 2 N–H and O–H groups in total. The molecule has 0 saturated heterocycles. The molecule has 0 aliphatic rings. The number of benzene rings is 2. The van der Waals surface area contributed by atoms with Gasteiger partial charge in [0.2, 0.25) is 10.0 Å². The minimum Gasteiger partial charge on any atom is -0.322 e. The number of anilines is 1. The summed E-state index contributed by atoms with van der Waals surface area (Å²) in [6.07, 6.45) is 0.708. The van der Waals surface area contributed by atoms with E-state index in [1.165, 1.54) is 24.3 Å². The van der Waals surface area contributed by atoms with Crippen molar-refractivity contribution in [3.63, 3.8) is 0 Å². The number of hydrogen-bond acceptors (Lipinski definition) is 3. The fourth-order valence-electron chi connectivity index (χ4n) is 2.07. The Balaban J connectivity index is 2.14. The highest BCUT2D eigenvalue weighted by molar-refractivity contribution is 7.89. The number of rotatable bonds is 6. The molecule has 24 heavy (non-hydrogen) atoms. The fraction of sp³-hybridized carbons (Fsp3) is 0.235. The Morgan fingerprint density at radius 1 is 1.12 bits per heavy atom. The van der Waals surface area contributed by atoms with Gasteiger partial charge in [-0.25, -0.2) is 13.1 Å². The lowest BCUT2D eigenvalue weighted by Gasteiger charge is -2.10. The number of aryl methyl sites for hydroxylation is 1. The van der Waals surface area contributed by atoms with Gasteiger partial charge in [-0.2, -0.15) is 0 Å². The maximum Gasteiger partial charge on any atom is 0.255 e. The van der Waals surface area contributed by atoms with Crippen molar-refractivity contribution >= 4 is 33.2 Å². The van der Waals surface area contributed by atoms with Crippen LogP contribution in [0.2, 0.25) is 5.02 Å². The van der Waals surface area contributed by atoms with Crippen molar-refractivity contribution in [1.82, 2.24) is 4.72 Å². The van der Waals surface area contributed by atoms with Crippen molar-refractivity contribution < 1.29 is 13.2 Å². The lowest BCUT2D eigenvalue weighted by molar-refractivity contribution is 0.102. The third-order valence-corrected chi connectivity index (χ3v) is 5.12. The second-order valence-corrected chi connectivity index (χ2v) is 7.54. The fourth-order valence-corrected chi connectivity index (χ4v) is 3.43. The van der Waals surface area contributed by atoms with E-state index < -0.39 is 10.0 Å². The van der Waals surface area contributed by atoms with Gasteiger partial charge < -0.3 is 5.32 Å². The first kappa shape index (κ1) is 18.4. The molecule has 1 amide bonds. The average Bonchev–Trinajstić information content (AvgIpc) is 2.55. The summed E-state index contributed by atoms with van der Waals surface area (Å²) in [6, 6.07) is 11.0. The van der Waals surface area contributed by atoms with E-state index in [0.29, 0.717) is 29.2 Å². The van der Waals surface area contributed by atoms with Crippen LogP contribution in [0.3, 0.4) is 0 Å². The summed E-state index contributed by atoms with van der Waals surface area (Å²) in [7, 11) is -3.53. The Bertz CT molecular complexity index is 833. The molecule has 0 aliphatic heterocycles. The number of carbonyl (C=O) groups excluding carboxylic acids is 1. The van der Waals surface area contributed by atoms with E-state index in [2.05, 4.69) is 10.0 Å². The Labute approximate surface area is 147 Å². The molecule has 0 aliphatic carbocycles. The summed E-state index contributed by atoms with van der Waals surface area (Å²) in [6.45, 7) is 4.10. The summed E-state index contributed by atoms with van der Waals surface area (Å²) in [5.74, 6) is -0.314. The lowest BCUT2D eigenvalue weighted by atomic mass is 10.1. The van der Waals surface area contributed by atoms with Gasteiger partial charge in [-0.3, -0.25) is 4.79 Å². The van der Waals surface area contributed by atoms with Crippen molar-refractivity contribution in [2.45, 2.75) is 25.2 Å². The molecule has 0 saturated carbocycles. The second kappa shape index (κ2) is 7.79. The van der Waals surface area contributed by atoms with Gasteiger partial charge in [-0.1, -0.05) is 18.5 Å². The maximum atomic E-state index is 12.3. The molecular weight excluding hydrogens is 348 g/mol. The van der Waals surface area contributed by atoms with Crippen molar-refractivity contribution in [3.05, 3.63) is 58.6 Å². The number of halogens is 1. The van der Waals surface area contributed by atoms with Crippen LogP contribution < -0.4 is 10.0 Å². The van der Waals surface area contributed by atoms with Crippen LogP contribution in [-0.2, 0) is 10.0 Å². The van der Waals surface area contributed by atoms with Crippen molar-refractivity contribution in [1.29, 1.82) is 0 Å². The molecule has 2 aromatic carbocycles. The molecule has 7 heteroatoms. The van der Waals surface area contributed by atoms with Crippen LogP contribution in [0.4, 0.5) is 5.69 Å². The van der Waals surface area contributed by atoms with Crippen LogP contribution in [0.5, 0.6) is 0 Å². The maximum absolute atomic E-state index is 12.3. The Morgan fingerprint density at radius 2 is 1.79 bits per heavy atom. The molecule has 0 fully saturated rings. The minimum absolute atomic E-state index is 0.134. The van der Waals surface area contributed by atoms with Crippen molar-refractivity contribution in [2.24, 2.45) is 0 Å². The van der Waals surface area contributed by atoms with Gasteiger partial charge >= 0.3 is 0 Å². The first-order valence-corrected chi connectivity index (χ1v) is 9.37. The van der Waals surface area contributed by atoms with Gasteiger partial charge in [0.15, 0.2) is 0 Å². The van der Waals surface area contributed by atoms with Crippen LogP contribution in [0.25, 0.3) is 0 Å². The van der Waals surface area contributed by atoms with Crippen molar-refractivity contribution in [3.8, 4) is 0 Å². The topological polar surface area (TPSA) is 75.3 Å². The van der Waals surface area contributed by atoms with E-state index in [1.807, 2.05) is 13.8 Å². The molecular formula is C17H19ClN2O3S. The Hall–Kier alpha value is -1.89. The summed E-state index contributed by atoms with van der Waals surface area (Å²) in [5, 5.41) is 3.38. The van der Waals surface area contributed by atoms with Crippen LogP contribution in [-0.4, -0.2) is 20.9 Å². The number of carbonyl (C=O) groups is 1. The minimum atomic E-state index is -3.53. The molecule has 0 spiro atoms. The Morgan fingerprint density at radius 3 is 2.38 bits per heavy atom. The molecule has 0 aromatic heterocycles. The first-order valence-electron chi connectivity index (χ1n) is 7.50. The summed E-state index contributed by atoms with van der Waals surface area (Å²) in [5.41, 5.74) is 1.88. The molecule has 0 bridgehead atoms. The summed E-state index contributed by atoms with van der Waals surface area (Å²) >= 11 is 5.89. The van der Waals surface area contributed by atoms with Gasteiger partial charge in [0.1, 0.15) is 0 Å². The van der Waals surface area contributed by atoms with Crippen molar-refractivity contribution in [2.75, 3.05) is 11.9 Å². The third-order valence-electron chi connectivity index (χ3n) is 3.41. The molecule has 0 radical (unpaired) electrons. The van der Waals surface area contributed by atoms with Gasteiger partial charge in [0.25, 0.3) is 5.91 Å². The van der Waals surface area contributed by atoms with Crippen LogP contribution in [0, 0.1) is 6.92 Å². The number of sulfonamides is 1. The predicted octanol–water partition coefficient (Wildman–Crippen LogP) is 3.59. The highest BCUT2D eigenvalue weighted by atomic mass is 35.5. The standard InChI is InChI=1S/C17H19ClN2O3S/c1-3-10-19-24(22,23)15-7-4-13(5-8-15)17(21)20-16-9-6-14(18)11-12(16)2/h4-9,11,19H,3,10H2,1-2H3,(H,20,21). The van der Waals surface area contributed by atoms with E-state index in [-0.39, 0.29) is 10.8 Å². The molecule has 0 atom stereocenters. The predicted molar refractivity (Wildman–Crippen MR) is 96.1 cm³/mol. The molecule has 2 rings (SSSR count). The molecule has 128 valence electrons. The van der Waals surface area contributed by atoms with E-state index in [4.69, 9.17) is 11.6 Å². The normalized spacial score (nSPS) is 11.3. The number of amides is 1. The van der Waals surface area contributed by atoms with Crippen LogP contribution in [0.1, 0.15) is 29.3 Å². The van der Waals surface area contributed by atoms with Gasteiger partial charge in [-0.05, 0) is 61.4 Å². The number of hydrogen-bond donors (Lipinski definition) is 2. The van der Waals surface area contributed by atoms with E-state index >= 15 is 0 Å². The smallest absolute Gasteiger partial charge is 0.255 e. The zero-order chi connectivity index (χ0) is 17.7. The highest BCUT2D eigenvalue weighted by Gasteiger charge is 2.14. The summed E-state index contributed by atoms with van der Waals surface area (Å²) < 4.78 is 26.5. The second-order valence-electron chi connectivity index (χ2n) is 5.34. The van der Waals surface area contributed by atoms with E-state index in [1.54, 1.807) is 18.2 Å². The van der Waals surface area contributed by atoms with Gasteiger partial charge in [0.05, 0.1) is 4.90 Å². The molecule has 2 aromatic rings. The largest absolute Gasteiger partial charge is 0.322 e. The molecule has 0 unspecified atom stereocenters. The average molecular weight is 367 g/mol. The molecule has 0 heterocycles. The van der Waals surface area contributed by atoms with E-state index in [9.17, 15) is 13.2 Å². The van der Waals surface area contributed by atoms with Gasteiger partial charge in [-0.15, -0.1) is 0 Å².